The molecule has 0 spiro atoms. The Morgan fingerprint density at radius 1 is 1.25 bits per heavy atom. The molecule has 6 heteroatoms. The fourth-order valence-electron chi connectivity index (χ4n) is 1.61. The second kappa shape index (κ2) is 6.26. The molecule has 1 unspecified atom stereocenters. The summed E-state index contributed by atoms with van der Waals surface area (Å²) in [7, 11) is -3.57. The SMILES string of the molecule is Cc1ccc(C(C)C)cc1OC(C)C(=O)NS(C)(=O)=O. The van der Waals surface area contributed by atoms with Crippen LogP contribution in [0.1, 0.15) is 37.8 Å². The van der Waals surface area contributed by atoms with E-state index in [9.17, 15) is 13.2 Å². The minimum Gasteiger partial charge on any atom is -0.481 e. The van der Waals surface area contributed by atoms with Crippen molar-refractivity contribution >= 4 is 15.9 Å². The van der Waals surface area contributed by atoms with Gasteiger partial charge in [-0.1, -0.05) is 26.0 Å². The monoisotopic (exact) mass is 299 g/mol. The van der Waals surface area contributed by atoms with Crippen LogP contribution < -0.4 is 9.46 Å². The molecule has 0 saturated heterocycles. The molecule has 1 rings (SSSR count). The average molecular weight is 299 g/mol. The first kappa shape index (κ1) is 16.5. The number of hydrogen-bond acceptors (Lipinski definition) is 4. The average Bonchev–Trinajstić information content (AvgIpc) is 2.29. The number of hydrogen-bond donors (Lipinski definition) is 1. The molecule has 1 atom stereocenters. The Hall–Kier alpha value is -1.56. The molecule has 0 heterocycles. The highest BCUT2D eigenvalue weighted by molar-refractivity contribution is 7.89. The number of rotatable bonds is 5. The summed E-state index contributed by atoms with van der Waals surface area (Å²) < 4.78 is 29.5. The van der Waals surface area contributed by atoms with E-state index in [1.807, 2.05) is 29.8 Å². The lowest BCUT2D eigenvalue weighted by molar-refractivity contribution is -0.125. The van der Waals surface area contributed by atoms with Gasteiger partial charge in [0.2, 0.25) is 10.0 Å². The second-order valence-electron chi connectivity index (χ2n) is 5.18. The fourth-order valence-corrected chi connectivity index (χ4v) is 2.14. The van der Waals surface area contributed by atoms with E-state index < -0.39 is 22.0 Å². The lowest BCUT2D eigenvalue weighted by atomic mass is 10.0. The van der Waals surface area contributed by atoms with Crippen LogP contribution >= 0.6 is 0 Å². The molecule has 0 aliphatic carbocycles. The summed E-state index contributed by atoms with van der Waals surface area (Å²) in [6.07, 6.45) is 0.0493. The lowest BCUT2D eigenvalue weighted by Crippen LogP contribution is -2.39. The highest BCUT2D eigenvalue weighted by Crippen LogP contribution is 2.25. The quantitative estimate of drug-likeness (QED) is 0.902. The van der Waals surface area contributed by atoms with Gasteiger partial charge < -0.3 is 4.74 Å². The van der Waals surface area contributed by atoms with Crippen LogP contribution in [0.25, 0.3) is 0 Å². The molecule has 1 amide bonds. The Bertz CT molecular complexity index is 593. The number of benzene rings is 1. The van der Waals surface area contributed by atoms with Crippen LogP contribution in [-0.4, -0.2) is 26.7 Å². The van der Waals surface area contributed by atoms with Gasteiger partial charge in [0.05, 0.1) is 6.26 Å². The number of nitrogens with one attached hydrogen (secondary N) is 1. The van der Waals surface area contributed by atoms with E-state index in [1.165, 1.54) is 6.92 Å². The van der Waals surface area contributed by atoms with Gasteiger partial charge in [0.1, 0.15) is 5.75 Å². The Kier molecular flexibility index (Phi) is 5.16. The Balaban J connectivity index is 2.87. The summed E-state index contributed by atoms with van der Waals surface area (Å²) >= 11 is 0. The molecule has 1 aromatic rings. The second-order valence-corrected chi connectivity index (χ2v) is 6.93. The Morgan fingerprint density at radius 2 is 1.85 bits per heavy atom. The van der Waals surface area contributed by atoms with Gasteiger partial charge in [0.25, 0.3) is 5.91 Å². The van der Waals surface area contributed by atoms with Crippen molar-refractivity contribution in [1.29, 1.82) is 0 Å². The van der Waals surface area contributed by atoms with Crippen molar-refractivity contribution in [2.24, 2.45) is 0 Å². The highest BCUT2D eigenvalue weighted by Gasteiger charge is 2.19. The van der Waals surface area contributed by atoms with Gasteiger partial charge in [-0.2, -0.15) is 0 Å². The van der Waals surface area contributed by atoms with E-state index in [1.54, 1.807) is 0 Å². The summed E-state index contributed by atoms with van der Waals surface area (Å²) in [6, 6.07) is 5.81. The lowest BCUT2D eigenvalue weighted by Gasteiger charge is -2.17. The number of sulfonamides is 1. The zero-order valence-electron chi connectivity index (χ0n) is 12.4. The summed E-state index contributed by atoms with van der Waals surface area (Å²) in [5.41, 5.74) is 2.00. The zero-order valence-corrected chi connectivity index (χ0v) is 13.2. The first-order valence-electron chi connectivity index (χ1n) is 6.39. The van der Waals surface area contributed by atoms with Crippen molar-refractivity contribution in [3.05, 3.63) is 29.3 Å². The largest absolute Gasteiger partial charge is 0.481 e. The molecule has 0 fully saturated rings. The standard InChI is InChI=1S/C14H21NO4S/c1-9(2)12-7-6-10(3)13(8-12)19-11(4)14(16)15-20(5,17)18/h6-9,11H,1-5H3,(H,15,16). The molecule has 112 valence electrons. The maximum Gasteiger partial charge on any atom is 0.274 e. The minimum absolute atomic E-state index is 0.345. The predicted molar refractivity (Wildman–Crippen MR) is 78.3 cm³/mol. The molecule has 0 aliphatic rings. The summed E-state index contributed by atoms with van der Waals surface area (Å²) in [6.45, 7) is 7.52. The van der Waals surface area contributed by atoms with Crippen LogP contribution in [0.4, 0.5) is 0 Å². The predicted octanol–water partition coefficient (Wildman–Crippen LogP) is 1.96. The maximum absolute atomic E-state index is 11.7. The zero-order chi connectivity index (χ0) is 15.5. The van der Waals surface area contributed by atoms with Crippen molar-refractivity contribution in [3.63, 3.8) is 0 Å². The van der Waals surface area contributed by atoms with Crippen molar-refractivity contribution in [2.45, 2.75) is 39.7 Å². The van der Waals surface area contributed by atoms with Crippen LogP contribution in [0.2, 0.25) is 0 Å². The van der Waals surface area contributed by atoms with E-state index in [0.717, 1.165) is 17.4 Å². The van der Waals surface area contributed by atoms with E-state index in [-0.39, 0.29) is 0 Å². The molecule has 5 nitrogen and oxygen atoms in total. The number of aryl methyl sites for hydroxylation is 1. The maximum atomic E-state index is 11.7. The Labute approximate surface area is 120 Å². The first-order valence-corrected chi connectivity index (χ1v) is 8.28. The van der Waals surface area contributed by atoms with Crippen LogP contribution in [-0.2, 0) is 14.8 Å². The summed E-state index contributed by atoms with van der Waals surface area (Å²) in [5, 5.41) is 0. The molecular formula is C14H21NO4S. The van der Waals surface area contributed by atoms with Crippen molar-refractivity contribution in [3.8, 4) is 5.75 Å². The van der Waals surface area contributed by atoms with Crippen molar-refractivity contribution in [1.82, 2.24) is 4.72 Å². The van der Waals surface area contributed by atoms with E-state index in [2.05, 4.69) is 13.8 Å². The number of ether oxygens (including phenoxy) is 1. The molecule has 1 N–H and O–H groups in total. The minimum atomic E-state index is -3.57. The van der Waals surface area contributed by atoms with Crippen LogP contribution in [0.5, 0.6) is 5.75 Å². The molecule has 1 aromatic carbocycles. The summed E-state index contributed by atoms with van der Waals surface area (Å²) in [5.74, 6) is 0.257. The molecule has 0 aromatic heterocycles. The molecule has 0 radical (unpaired) electrons. The van der Waals surface area contributed by atoms with E-state index in [4.69, 9.17) is 4.74 Å². The Morgan fingerprint density at radius 3 is 2.35 bits per heavy atom. The van der Waals surface area contributed by atoms with Crippen molar-refractivity contribution in [2.75, 3.05) is 6.26 Å². The molecule has 0 saturated carbocycles. The fraction of sp³-hybridized carbons (Fsp3) is 0.500. The van der Waals surface area contributed by atoms with Gasteiger partial charge in [-0.05, 0) is 37.0 Å². The summed E-state index contributed by atoms with van der Waals surface area (Å²) in [4.78, 5) is 11.7. The third-order valence-electron chi connectivity index (χ3n) is 2.84. The topological polar surface area (TPSA) is 72.5 Å². The van der Waals surface area contributed by atoms with Crippen LogP contribution in [0, 0.1) is 6.92 Å². The van der Waals surface area contributed by atoms with Crippen LogP contribution in [0.15, 0.2) is 18.2 Å². The van der Waals surface area contributed by atoms with E-state index >= 15 is 0 Å². The highest BCUT2D eigenvalue weighted by atomic mass is 32.2. The van der Waals surface area contributed by atoms with Gasteiger partial charge in [-0.3, -0.25) is 9.52 Å². The third-order valence-corrected chi connectivity index (χ3v) is 3.41. The van der Waals surface area contributed by atoms with Crippen molar-refractivity contribution < 1.29 is 17.9 Å². The van der Waals surface area contributed by atoms with Gasteiger partial charge in [0.15, 0.2) is 6.10 Å². The number of carbonyl (C=O) groups excluding carboxylic acids is 1. The third kappa shape index (κ3) is 4.85. The van der Waals surface area contributed by atoms with Crippen LogP contribution in [0.3, 0.4) is 0 Å². The van der Waals surface area contributed by atoms with Gasteiger partial charge in [0, 0.05) is 0 Å². The molecule has 20 heavy (non-hydrogen) atoms. The first-order chi connectivity index (χ1) is 9.10. The molecule has 0 bridgehead atoms. The smallest absolute Gasteiger partial charge is 0.274 e. The normalized spacial score (nSPS) is 13.1. The van der Waals surface area contributed by atoms with Gasteiger partial charge in [-0.25, -0.2) is 8.42 Å². The van der Waals surface area contributed by atoms with E-state index in [0.29, 0.717) is 11.7 Å². The number of amides is 1. The molecule has 0 aliphatic heterocycles. The number of carbonyl (C=O) groups is 1. The molecular weight excluding hydrogens is 278 g/mol. The van der Waals surface area contributed by atoms with Gasteiger partial charge >= 0.3 is 0 Å². The van der Waals surface area contributed by atoms with Gasteiger partial charge in [-0.15, -0.1) is 0 Å².